The van der Waals surface area contributed by atoms with Gasteiger partial charge in [-0.25, -0.2) is 4.98 Å². The van der Waals surface area contributed by atoms with Crippen molar-refractivity contribution in [2.45, 2.75) is 38.6 Å². The number of halogens is 2. The van der Waals surface area contributed by atoms with Gasteiger partial charge in [0.25, 0.3) is 0 Å². The van der Waals surface area contributed by atoms with E-state index in [9.17, 15) is 0 Å². The lowest BCUT2D eigenvalue weighted by molar-refractivity contribution is 0.569. The zero-order chi connectivity index (χ0) is 14.9. The molecule has 1 heterocycles. The second-order valence-corrected chi connectivity index (χ2v) is 8.18. The summed E-state index contributed by atoms with van der Waals surface area (Å²) in [5.74, 6) is 0. The fourth-order valence-electron chi connectivity index (χ4n) is 1.84. The zero-order valence-electron chi connectivity index (χ0n) is 11.8. The molecule has 0 saturated carbocycles. The molecule has 2 nitrogen and oxygen atoms in total. The Kier molecular flexibility index (Phi) is 4.90. The molecule has 20 heavy (non-hydrogen) atoms. The summed E-state index contributed by atoms with van der Waals surface area (Å²) < 4.78 is 0.949. The lowest BCUT2D eigenvalue weighted by atomic mass is 9.93. The first kappa shape index (κ1) is 16.0. The van der Waals surface area contributed by atoms with Gasteiger partial charge in [0, 0.05) is 32.8 Å². The van der Waals surface area contributed by atoms with E-state index >= 15 is 0 Å². The molecule has 0 saturated heterocycles. The molecular weight excluding hydrogens is 356 g/mol. The molecule has 1 atom stereocenters. The third-order valence-electron chi connectivity index (χ3n) is 3.03. The lowest BCUT2D eigenvalue weighted by Gasteiger charge is -2.15. The van der Waals surface area contributed by atoms with Crippen molar-refractivity contribution in [3.8, 4) is 0 Å². The topological polar surface area (TPSA) is 38.9 Å². The largest absolute Gasteiger partial charge is 0.324 e. The first-order chi connectivity index (χ1) is 9.25. The number of rotatable bonds is 3. The molecule has 0 spiro atoms. The van der Waals surface area contributed by atoms with Gasteiger partial charge in [0.2, 0.25) is 0 Å². The summed E-state index contributed by atoms with van der Waals surface area (Å²) in [5.41, 5.74) is 8.50. The van der Waals surface area contributed by atoms with Crippen LogP contribution in [0.5, 0.6) is 0 Å². The van der Waals surface area contributed by atoms with Gasteiger partial charge in [-0.15, -0.1) is 11.3 Å². The highest BCUT2D eigenvalue weighted by Crippen LogP contribution is 2.28. The number of hydrogen-bond acceptors (Lipinski definition) is 3. The van der Waals surface area contributed by atoms with Gasteiger partial charge in [-0.3, -0.25) is 0 Å². The van der Waals surface area contributed by atoms with E-state index in [-0.39, 0.29) is 11.5 Å². The SMILES string of the molecule is CC(C)(C)c1csc(CC(N)c2cc(Cl)cc(Br)c2)n1. The maximum absolute atomic E-state index is 6.27. The molecule has 0 bridgehead atoms. The van der Waals surface area contributed by atoms with E-state index in [0.717, 1.165) is 27.2 Å². The van der Waals surface area contributed by atoms with Gasteiger partial charge in [-0.2, -0.15) is 0 Å². The number of thiazole rings is 1. The second kappa shape index (κ2) is 6.14. The minimum absolute atomic E-state index is 0.0813. The van der Waals surface area contributed by atoms with Crippen molar-refractivity contribution < 1.29 is 0 Å². The summed E-state index contributed by atoms with van der Waals surface area (Å²) >= 11 is 11.2. The Labute approximate surface area is 137 Å². The van der Waals surface area contributed by atoms with Gasteiger partial charge in [-0.1, -0.05) is 48.3 Å². The highest BCUT2D eigenvalue weighted by atomic mass is 79.9. The van der Waals surface area contributed by atoms with E-state index in [0.29, 0.717) is 5.02 Å². The van der Waals surface area contributed by atoms with Gasteiger partial charge < -0.3 is 5.73 Å². The summed E-state index contributed by atoms with van der Waals surface area (Å²) in [6, 6.07) is 5.69. The Morgan fingerprint density at radius 3 is 2.60 bits per heavy atom. The molecular formula is C15H18BrClN2S. The van der Waals surface area contributed by atoms with Crippen LogP contribution in [0.2, 0.25) is 5.02 Å². The van der Waals surface area contributed by atoms with Crippen LogP contribution < -0.4 is 5.73 Å². The molecule has 1 aromatic heterocycles. The third-order valence-corrected chi connectivity index (χ3v) is 4.57. The summed E-state index contributed by atoms with van der Waals surface area (Å²) in [6.45, 7) is 6.50. The fourth-order valence-corrected chi connectivity index (χ4v) is 3.81. The van der Waals surface area contributed by atoms with Crippen molar-refractivity contribution in [1.29, 1.82) is 0 Å². The summed E-state index contributed by atoms with van der Waals surface area (Å²) in [4.78, 5) is 4.69. The molecule has 0 amide bonds. The molecule has 2 N–H and O–H groups in total. The van der Waals surface area contributed by atoms with Gasteiger partial charge in [0.05, 0.1) is 10.7 Å². The first-order valence-corrected chi connectivity index (χ1v) is 8.47. The average Bonchev–Trinajstić information content (AvgIpc) is 2.75. The van der Waals surface area contributed by atoms with Gasteiger partial charge >= 0.3 is 0 Å². The number of aromatic nitrogens is 1. The van der Waals surface area contributed by atoms with Crippen molar-refractivity contribution in [3.05, 3.63) is 49.3 Å². The van der Waals surface area contributed by atoms with E-state index in [1.807, 2.05) is 18.2 Å². The number of hydrogen-bond donors (Lipinski definition) is 1. The molecule has 2 rings (SSSR count). The van der Waals surface area contributed by atoms with Crippen LogP contribution in [-0.4, -0.2) is 4.98 Å². The van der Waals surface area contributed by atoms with Crippen molar-refractivity contribution in [1.82, 2.24) is 4.98 Å². The highest BCUT2D eigenvalue weighted by molar-refractivity contribution is 9.10. The molecule has 0 aliphatic heterocycles. The van der Waals surface area contributed by atoms with Gasteiger partial charge in [-0.05, 0) is 23.8 Å². The molecule has 0 aliphatic rings. The van der Waals surface area contributed by atoms with Crippen LogP contribution in [0.1, 0.15) is 43.1 Å². The Hall–Kier alpha value is -0.420. The van der Waals surface area contributed by atoms with Crippen LogP contribution in [0.15, 0.2) is 28.1 Å². The number of benzene rings is 1. The fraction of sp³-hybridized carbons (Fsp3) is 0.400. The Balaban J connectivity index is 2.15. The van der Waals surface area contributed by atoms with Crippen LogP contribution in [0.3, 0.4) is 0 Å². The zero-order valence-corrected chi connectivity index (χ0v) is 14.9. The Bertz CT molecular complexity index is 584. The first-order valence-electron chi connectivity index (χ1n) is 6.42. The summed E-state index contributed by atoms with van der Waals surface area (Å²) in [5, 5.41) is 3.88. The van der Waals surface area contributed by atoms with Crippen molar-refractivity contribution >= 4 is 38.9 Å². The molecule has 0 radical (unpaired) electrons. The average molecular weight is 374 g/mol. The predicted molar refractivity (Wildman–Crippen MR) is 90.6 cm³/mol. The maximum atomic E-state index is 6.27. The van der Waals surface area contributed by atoms with E-state index in [4.69, 9.17) is 17.3 Å². The Morgan fingerprint density at radius 1 is 1.35 bits per heavy atom. The van der Waals surface area contributed by atoms with Crippen LogP contribution in [-0.2, 0) is 11.8 Å². The monoisotopic (exact) mass is 372 g/mol. The minimum atomic E-state index is -0.0935. The lowest BCUT2D eigenvalue weighted by Crippen LogP contribution is -2.15. The highest BCUT2D eigenvalue weighted by Gasteiger charge is 2.18. The molecule has 108 valence electrons. The predicted octanol–water partition coefficient (Wildman–Crippen LogP) is 5.10. The minimum Gasteiger partial charge on any atom is -0.324 e. The van der Waals surface area contributed by atoms with Crippen LogP contribution in [0.4, 0.5) is 0 Å². The number of nitrogens with zero attached hydrogens (tertiary/aromatic N) is 1. The van der Waals surface area contributed by atoms with Crippen LogP contribution in [0, 0.1) is 0 Å². The van der Waals surface area contributed by atoms with Gasteiger partial charge in [0.15, 0.2) is 0 Å². The van der Waals surface area contributed by atoms with Crippen LogP contribution >= 0.6 is 38.9 Å². The molecule has 0 fully saturated rings. The van der Waals surface area contributed by atoms with E-state index < -0.39 is 0 Å². The third kappa shape index (κ3) is 4.04. The van der Waals surface area contributed by atoms with E-state index in [1.54, 1.807) is 11.3 Å². The standard InChI is InChI=1S/C15H18BrClN2S/c1-15(2,3)13-8-20-14(19-13)7-12(18)9-4-10(16)6-11(17)5-9/h4-6,8,12H,7,18H2,1-3H3. The molecule has 5 heteroatoms. The Morgan fingerprint density at radius 2 is 2.05 bits per heavy atom. The van der Waals surface area contributed by atoms with Crippen molar-refractivity contribution in [2.75, 3.05) is 0 Å². The normalized spacial score (nSPS) is 13.5. The quantitative estimate of drug-likeness (QED) is 0.813. The van der Waals surface area contributed by atoms with E-state index in [2.05, 4.69) is 47.1 Å². The number of nitrogens with two attached hydrogens (primary N) is 1. The molecule has 0 aliphatic carbocycles. The smallest absolute Gasteiger partial charge is 0.0947 e. The van der Waals surface area contributed by atoms with Gasteiger partial charge in [0.1, 0.15) is 0 Å². The molecule has 2 aromatic rings. The summed E-state index contributed by atoms with van der Waals surface area (Å²) in [7, 11) is 0. The molecule has 1 unspecified atom stereocenters. The summed E-state index contributed by atoms with van der Waals surface area (Å²) in [6.07, 6.45) is 0.730. The van der Waals surface area contributed by atoms with Crippen molar-refractivity contribution in [2.24, 2.45) is 5.73 Å². The second-order valence-electron chi connectivity index (χ2n) is 5.89. The van der Waals surface area contributed by atoms with E-state index in [1.165, 1.54) is 0 Å². The molecule has 1 aromatic carbocycles. The van der Waals surface area contributed by atoms with Crippen LogP contribution in [0.25, 0.3) is 0 Å². The van der Waals surface area contributed by atoms with Crippen molar-refractivity contribution in [3.63, 3.8) is 0 Å². The maximum Gasteiger partial charge on any atom is 0.0947 e.